The number of carboxylic acids is 1. The fourth-order valence-corrected chi connectivity index (χ4v) is 4.89. The van der Waals surface area contributed by atoms with Crippen molar-refractivity contribution in [1.82, 2.24) is 15.3 Å². The van der Waals surface area contributed by atoms with Gasteiger partial charge in [-0.1, -0.05) is 64.9 Å². The van der Waals surface area contributed by atoms with E-state index in [1.54, 1.807) is 6.92 Å². The number of aromatic nitrogens is 2. The minimum Gasteiger partial charge on any atom is -0.477 e. The SMILES string of the molecule is Cc1[nH]c(C(=O)N[C@H]2CCN(c3ncc(C(=O)O)s3)C[C@@H]2OCc2ccccc2)c(Cl)c1Cl. The van der Waals surface area contributed by atoms with Gasteiger partial charge in [-0.2, -0.15) is 0 Å². The Balaban J connectivity index is 1.50. The maximum atomic E-state index is 12.9. The first kappa shape index (κ1) is 23.6. The van der Waals surface area contributed by atoms with E-state index in [1.165, 1.54) is 6.20 Å². The molecule has 0 bridgehead atoms. The van der Waals surface area contributed by atoms with Crippen LogP contribution in [0.15, 0.2) is 36.5 Å². The number of carboxylic acid groups (broad SMARTS) is 1. The Kier molecular flexibility index (Phi) is 7.23. The lowest BCUT2D eigenvalue weighted by Gasteiger charge is -2.38. The highest BCUT2D eigenvalue weighted by Crippen LogP contribution is 2.30. The zero-order valence-corrected chi connectivity index (χ0v) is 20.0. The summed E-state index contributed by atoms with van der Waals surface area (Å²) in [6.07, 6.45) is 1.58. The smallest absolute Gasteiger partial charge is 0.347 e. The maximum absolute atomic E-state index is 12.9. The maximum Gasteiger partial charge on any atom is 0.347 e. The van der Waals surface area contributed by atoms with Gasteiger partial charge >= 0.3 is 5.97 Å². The molecule has 3 heterocycles. The number of nitrogens with one attached hydrogen (secondary N) is 2. The second-order valence-corrected chi connectivity index (χ2v) is 9.48. The van der Waals surface area contributed by atoms with Crippen LogP contribution in [-0.4, -0.2) is 52.2 Å². The molecule has 33 heavy (non-hydrogen) atoms. The van der Waals surface area contributed by atoms with Gasteiger partial charge in [0.2, 0.25) is 0 Å². The van der Waals surface area contributed by atoms with Crippen LogP contribution >= 0.6 is 34.5 Å². The number of carbonyl (C=O) groups excluding carboxylic acids is 1. The van der Waals surface area contributed by atoms with E-state index in [9.17, 15) is 14.7 Å². The van der Waals surface area contributed by atoms with Crippen molar-refractivity contribution in [3.8, 4) is 0 Å². The van der Waals surface area contributed by atoms with E-state index >= 15 is 0 Å². The lowest BCUT2D eigenvalue weighted by atomic mass is 10.0. The fraction of sp³-hybridized carbons (Fsp3) is 0.318. The van der Waals surface area contributed by atoms with Crippen LogP contribution in [0.1, 0.15) is 37.8 Å². The molecule has 1 aliphatic heterocycles. The van der Waals surface area contributed by atoms with Gasteiger partial charge in [-0.25, -0.2) is 9.78 Å². The van der Waals surface area contributed by atoms with Crippen LogP contribution in [-0.2, 0) is 11.3 Å². The zero-order chi connectivity index (χ0) is 23.5. The van der Waals surface area contributed by atoms with Crippen molar-refractivity contribution in [1.29, 1.82) is 0 Å². The van der Waals surface area contributed by atoms with E-state index in [2.05, 4.69) is 15.3 Å². The number of piperidine rings is 1. The van der Waals surface area contributed by atoms with Crippen molar-refractivity contribution >= 4 is 51.5 Å². The highest BCUT2D eigenvalue weighted by atomic mass is 35.5. The zero-order valence-electron chi connectivity index (χ0n) is 17.7. The Hall–Kier alpha value is -2.59. The standard InChI is InChI=1S/C22H22Cl2N4O4S/c1-12-17(23)18(24)19(26-12)20(29)27-14-7-8-28(22-25-9-16(33-22)21(30)31)10-15(14)32-11-13-5-3-2-4-6-13/h2-6,9,14-15,26H,7-8,10-11H2,1H3,(H,27,29)(H,30,31)/t14-,15-/m0/s1. The van der Waals surface area contributed by atoms with E-state index < -0.39 is 5.97 Å². The molecule has 1 saturated heterocycles. The number of ether oxygens (including phenoxy) is 1. The van der Waals surface area contributed by atoms with Crippen LogP contribution in [0, 0.1) is 6.92 Å². The van der Waals surface area contributed by atoms with Crippen LogP contribution in [0.2, 0.25) is 10.0 Å². The topological polar surface area (TPSA) is 108 Å². The molecule has 0 radical (unpaired) electrons. The predicted molar refractivity (Wildman–Crippen MR) is 128 cm³/mol. The second-order valence-electron chi connectivity index (χ2n) is 7.71. The number of benzene rings is 1. The number of anilines is 1. The van der Waals surface area contributed by atoms with Crippen LogP contribution in [0.4, 0.5) is 5.13 Å². The number of halogens is 2. The fourth-order valence-electron chi connectivity index (χ4n) is 3.68. The van der Waals surface area contributed by atoms with Gasteiger partial charge in [0.1, 0.15) is 10.6 Å². The Morgan fingerprint density at radius 3 is 2.70 bits per heavy atom. The summed E-state index contributed by atoms with van der Waals surface area (Å²) >= 11 is 13.5. The monoisotopic (exact) mass is 508 g/mol. The molecule has 1 aliphatic rings. The number of aryl methyl sites for hydroxylation is 1. The van der Waals surface area contributed by atoms with E-state index in [4.69, 9.17) is 27.9 Å². The summed E-state index contributed by atoms with van der Waals surface area (Å²) in [6.45, 7) is 3.15. The van der Waals surface area contributed by atoms with Gasteiger partial charge in [0, 0.05) is 18.8 Å². The Morgan fingerprint density at radius 1 is 1.30 bits per heavy atom. The summed E-state index contributed by atoms with van der Waals surface area (Å²) in [7, 11) is 0. The molecule has 174 valence electrons. The predicted octanol–water partition coefficient (Wildman–Crippen LogP) is 4.38. The lowest BCUT2D eigenvalue weighted by Crippen LogP contribution is -2.55. The molecular formula is C22H22Cl2N4O4S. The third kappa shape index (κ3) is 5.33. The van der Waals surface area contributed by atoms with Crippen LogP contribution in [0.3, 0.4) is 0 Å². The molecular weight excluding hydrogens is 487 g/mol. The number of amides is 1. The highest BCUT2D eigenvalue weighted by molar-refractivity contribution is 7.17. The lowest BCUT2D eigenvalue weighted by molar-refractivity contribution is 0.00967. The molecule has 11 heteroatoms. The van der Waals surface area contributed by atoms with E-state index in [1.807, 2.05) is 35.2 Å². The van der Waals surface area contributed by atoms with Crippen LogP contribution in [0.25, 0.3) is 0 Å². The minimum absolute atomic E-state index is 0.177. The molecule has 8 nitrogen and oxygen atoms in total. The van der Waals surface area contributed by atoms with Gasteiger partial charge in [0.25, 0.3) is 5.91 Å². The number of aromatic carboxylic acids is 1. The molecule has 2 atom stereocenters. The molecule has 0 unspecified atom stereocenters. The molecule has 4 rings (SSSR count). The highest BCUT2D eigenvalue weighted by Gasteiger charge is 2.33. The number of carbonyl (C=O) groups is 2. The van der Waals surface area contributed by atoms with Crippen molar-refractivity contribution in [3.63, 3.8) is 0 Å². The normalized spacial score (nSPS) is 18.3. The van der Waals surface area contributed by atoms with Gasteiger partial charge in [0.05, 0.1) is 35.0 Å². The Labute approximate surface area is 204 Å². The molecule has 0 saturated carbocycles. The summed E-state index contributed by atoms with van der Waals surface area (Å²) in [6, 6.07) is 9.47. The van der Waals surface area contributed by atoms with E-state index in [-0.39, 0.29) is 33.6 Å². The first-order valence-electron chi connectivity index (χ1n) is 10.3. The molecule has 1 aromatic carbocycles. The molecule has 1 amide bonds. The van der Waals surface area contributed by atoms with Gasteiger partial charge in [-0.3, -0.25) is 4.79 Å². The average Bonchev–Trinajstić information content (AvgIpc) is 3.41. The number of H-pyrrole nitrogens is 1. The summed E-state index contributed by atoms with van der Waals surface area (Å²) < 4.78 is 6.22. The van der Waals surface area contributed by atoms with Crippen molar-refractivity contribution in [2.24, 2.45) is 0 Å². The molecule has 0 spiro atoms. The first-order chi connectivity index (χ1) is 15.8. The quantitative estimate of drug-likeness (QED) is 0.437. The number of hydrogen-bond donors (Lipinski definition) is 3. The summed E-state index contributed by atoms with van der Waals surface area (Å²) in [5, 5.41) is 13.4. The van der Waals surface area contributed by atoms with Crippen molar-refractivity contribution in [2.75, 3.05) is 18.0 Å². The van der Waals surface area contributed by atoms with E-state index in [0.717, 1.165) is 16.9 Å². The third-order valence-electron chi connectivity index (χ3n) is 5.44. The van der Waals surface area contributed by atoms with Gasteiger partial charge in [0.15, 0.2) is 5.13 Å². The van der Waals surface area contributed by atoms with Gasteiger partial charge in [-0.05, 0) is 18.9 Å². The summed E-state index contributed by atoms with van der Waals surface area (Å²) in [5.41, 5.74) is 1.85. The average molecular weight is 509 g/mol. The molecule has 3 aromatic rings. The third-order valence-corrected chi connectivity index (χ3v) is 7.43. The van der Waals surface area contributed by atoms with Crippen molar-refractivity contribution in [3.05, 3.63) is 68.4 Å². The number of hydrogen-bond acceptors (Lipinski definition) is 6. The number of rotatable bonds is 7. The Morgan fingerprint density at radius 2 is 2.06 bits per heavy atom. The number of nitrogens with zero attached hydrogens (tertiary/aromatic N) is 2. The van der Waals surface area contributed by atoms with Crippen LogP contribution < -0.4 is 10.2 Å². The summed E-state index contributed by atoms with van der Waals surface area (Å²) in [5.74, 6) is -1.36. The van der Waals surface area contributed by atoms with Crippen molar-refractivity contribution < 1.29 is 19.4 Å². The van der Waals surface area contributed by atoms with E-state index in [0.29, 0.717) is 42.0 Å². The van der Waals surface area contributed by atoms with Gasteiger partial charge < -0.3 is 25.0 Å². The number of aromatic amines is 1. The Bertz CT molecular complexity index is 1150. The molecule has 1 fully saturated rings. The molecule has 0 aliphatic carbocycles. The molecule has 2 aromatic heterocycles. The molecule has 3 N–H and O–H groups in total. The van der Waals surface area contributed by atoms with Crippen molar-refractivity contribution in [2.45, 2.75) is 32.1 Å². The van der Waals surface area contributed by atoms with Gasteiger partial charge in [-0.15, -0.1) is 0 Å². The first-order valence-corrected chi connectivity index (χ1v) is 11.8. The number of thiazole rings is 1. The van der Waals surface area contributed by atoms with Crippen LogP contribution in [0.5, 0.6) is 0 Å². The minimum atomic E-state index is -1.01. The largest absolute Gasteiger partial charge is 0.477 e. The second kappa shape index (κ2) is 10.1. The summed E-state index contributed by atoms with van der Waals surface area (Å²) in [4.78, 5) is 33.5.